The van der Waals surface area contributed by atoms with Crippen molar-refractivity contribution < 1.29 is 13.2 Å². The van der Waals surface area contributed by atoms with E-state index in [4.69, 9.17) is 4.74 Å². The van der Waals surface area contributed by atoms with E-state index in [0.717, 1.165) is 38.4 Å². The lowest BCUT2D eigenvalue weighted by Gasteiger charge is -2.24. The van der Waals surface area contributed by atoms with Gasteiger partial charge in [0.1, 0.15) is 0 Å². The van der Waals surface area contributed by atoms with E-state index in [2.05, 4.69) is 15.0 Å². The molecule has 0 aromatic carbocycles. The van der Waals surface area contributed by atoms with E-state index in [1.54, 1.807) is 7.05 Å². The molecule has 7 nitrogen and oxygen atoms in total. The first-order valence-corrected chi connectivity index (χ1v) is 8.25. The van der Waals surface area contributed by atoms with Gasteiger partial charge < -0.3 is 15.0 Å². The molecule has 8 heteroatoms. The lowest BCUT2D eigenvalue weighted by molar-refractivity contribution is 0.181. The zero-order chi connectivity index (χ0) is 14.3. The highest BCUT2D eigenvalue weighted by Gasteiger charge is 2.18. The quantitative estimate of drug-likeness (QED) is 0.376. The van der Waals surface area contributed by atoms with Gasteiger partial charge in [-0.15, -0.1) is 0 Å². The van der Waals surface area contributed by atoms with Crippen LogP contribution in [0.1, 0.15) is 6.42 Å². The molecule has 1 aliphatic rings. The summed E-state index contributed by atoms with van der Waals surface area (Å²) in [6, 6.07) is 0. The van der Waals surface area contributed by atoms with Crippen molar-refractivity contribution in [3.05, 3.63) is 0 Å². The van der Waals surface area contributed by atoms with Crippen LogP contribution in [-0.2, 0) is 14.8 Å². The van der Waals surface area contributed by atoms with Crippen molar-refractivity contribution >= 4 is 16.0 Å². The fourth-order valence-electron chi connectivity index (χ4n) is 2.00. The number of nitrogens with zero attached hydrogens (tertiary/aromatic N) is 2. The molecule has 1 rings (SSSR count). The second-order valence-corrected chi connectivity index (χ2v) is 6.58. The van der Waals surface area contributed by atoms with Gasteiger partial charge in [0.25, 0.3) is 0 Å². The zero-order valence-electron chi connectivity index (χ0n) is 11.8. The highest BCUT2D eigenvalue weighted by molar-refractivity contribution is 7.88. The van der Waals surface area contributed by atoms with Crippen molar-refractivity contribution in [2.75, 3.05) is 53.2 Å². The highest BCUT2D eigenvalue weighted by Crippen LogP contribution is 2.12. The average molecular weight is 292 g/mol. The predicted molar refractivity (Wildman–Crippen MR) is 75.8 cm³/mol. The number of ether oxygens (including phenoxy) is 1. The van der Waals surface area contributed by atoms with Crippen LogP contribution >= 0.6 is 0 Å². The van der Waals surface area contributed by atoms with E-state index in [1.807, 2.05) is 11.9 Å². The van der Waals surface area contributed by atoms with Gasteiger partial charge in [-0.2, -0.15) is 0 Å². The molecule has 0 saturated carbocycles. The second-order valence-electron chi connectivity index (χ2n) is 4.75. The summed E-state index contributed by atoms with van der Waals surface area (Å²) in [4.78, 5) is 6.22. The first-order valence-electron chi connectivity index (χ1n) is 6.36. The van der Waals surface area contributed by atoms with Gasteiger partial charge in [-0.05, 0) is 6.42 Å². The fraction of sp³-hybridized carbons (Fsp3) is 0.909. The Balaban J connectivity index is 2.28. The Hall–Kier alpha value is -0.860. The van der Waals surface area contributed by atoms with Gasteiger partial charge in [-0.3, -0.25) is 4.99 Å². The third-order valence-corrected chi connectivity index (χ3v) is 3.63. The zero-order valence-corrected chi connectivity index (χ0v) is 12.7. The van der Waals surface area contributed by atoms with Gasteiger partial charge in [0.15, 0.2) is 5.96 Å². The molecule has 1 saturated heterocycles. The van der Waals surface area contributed by atoms with Crippen LogP contribution in [0.25, 0.3) is 0 Å². The normalized spacial score (nSPS) is 20.6. The molecule has 0 amide bonds. The summed E-state index contributed by atoms with van der Waals surface area (Å²) in [6.07, 6.45) is 2.23. The number of hydrogen-bond acceptors (Lipinski definition) is 4. The largest absolute Gasteiger partial charge is 0.381 e. The summed E-state index contributed by atoms with van der Waals surface area (Å²) in [5.41, 5.74) is 0. The second kappa shape index (κ2) is 7.66. The minimum absolute atomic E-state index is 0.345. The number of hydrogen-bond donors (Lipinski definition) is 2. The topological polar surface area (TPSA) is 83.0 Å². The monoisotopic (exact) mass is 292 g/mol. The van der Waals surface area contributed by atoms with Gasteiger partial charge in [0.05, 0.1) is 12.9 Å². The molecule has 1 heterocycles. The molecule has 112 valence electrons. The maximum Gasteiger partial charge on any atom is 0.208 e. The van der Waals surface area contributed by atoms with Crippen molar-refractivity contribution in [1.29, 1.82) is 0 Å². The van der Waals surface area contributed by atoms with Crippen LogP contribution in [0.15, 0.2) is 4.99 Å². The Kier molecular flexibility index (Phi) is 6.53. The summed E-state index contributed by atoms with van der Waals surface area (Å²) in [7, 11) is 0.558. The summed E-state index contributed by atoms with van der Waals surface area (Å²) < 4.78 is 29.6. The third kappa shape index (κ3) is 6.74. The molecule has 0 aromatic rings. The molecule has 0 aromatic heterocycles. The molecule has 1 aliphatic heterocycles. The summed E-state index contributed by atoms with van der Waals surface area (Å²) in [5, 5.41) is 3.12. The molecule has 19 heavy (non-hydrogen) atoms. The minimum atomic E-state index is -3.13. The Morgan fingerprint density at radius 2 is 2.21 bits per heavy atom. The fourth-order valence-corrected chi connectivity index (χ4v) is 2.47. The maximum atomic E-state index is 10.9. The van der Waals surface area contributed by atoms with Crippen molar-refractivity contribution in [3.8, 4) is 0 Å². The van der Waals surface area contributed by atoms with Crippen LogP contribution < -0.4 is 10.0 Å². The van der Waals surface area contributed by atoms with Gasteiger partial charge in [-0.1, -0.05) is 0 Å². The van der Waals surface area contributed by atoms with E-state index in [9.17, 15) is 8.42 Å². The Morgan fingerprint density at radius 1 is 1.47 bits per heavy atom. The van der Waals surface area contributed by atoms with Crippen LogP contribution in [0.2, 0.25) is 0 Å². The number of sulfonamides is 1. The molecule has 0 radical (unpaired) electrons. The minimum Gasteiger partial charge on any atom is -0.381 e. The maximum absolute atomic E-state index is 10.9. The van der Waals surface area contributed by atoms with Crippen LogP contribution in [0.3, 0.4) is 0 Å². The van der Waals surface area contributed by atoms with Crippen molar-refractivity contribution in [2.45, 2.75) is 6.42 Å². The molecular formula is C11H24N4O3S. The van der Waals surface area contributed by atoms with Crippen molar-refractivity contribution in [2.24, 2.45) is 10.9 Å². The molecule has 0 bridgehead atoms. The van der Waals surface area contributed by atoms with Crippen molar-refractivity contribution in [3.63, 3.8) is 0 Å². The molecule has 0 aliphatic carbocycles. The highest BCUT2D eigenvalue weighted by atomic mass is 32.2. The van der Waals surface area contributed by atoms with Gasteiger partial charge in [0, 0.05) is 46.3 Å². The first-order chi connectivity index (χ1) is 8.92. The Morgan fingerprint density at radius 3 is 2.74 bits per heavy atom. The molecule has 1 atom stereocenters. The SMILES string of the molecule is CN=C(NCCNS(C)(=O)=O)N(C)CC1CCOC1. The smallest absolute Gasteiger partial charge is 0.208 e. The molecular weight excluding hydrogens is 268 g/mol. The lowest BCUT2D eigenvalue weighted by atomic mass is 10.1. The molecule has 1 unspecified atom stereocenters. The molecule has 0 spiro atoms. The van der Waals surface area contributed by atoms with Crippen LogP contribution in [-0.4, -0.2) is 72.5 Å². The van der Waals surface area contributed by atoms with E-state index in [1.165, 1.54) is 0 Å². The lowest BCUT2D eigenvalue weighted by Crippen LogP contribution is -2.44. The number of rotatable bonds is 6. The molecule has 1 fully saturated rings. The number of aliphatic imine (C=N–C) groups is 1. The van der Waals surface area contributed by atoms with Crippen LogP contribution in [0.4, 0.5) is 0 Å². The molecule has 2 N–H and O–H groups in total. The number of nitrogens with one attached hydrogen (secondary N) is 2. The van der Waals surface area contributed by atoms with Gasteiger partial charge >= 0.3 is 0 Å². The van der Waals surface area contributed by atoms with Gasteiger partial charge in [0.2, 0.25) is 10.0 Å². The number of guanidine groups is 1. The summed E-state index contributed by atoms with van der Waals surface area (Å²) in [6.45, 7) is 3.38. The third-order valence-electron chi connectivity index (χ3n) is 2.90. The predicted octanol–water partition coefficient (Wildman–Crippen LogP) is -0.921. The Bertz CT molecular complexity index is 391. The van der Waals surface area contributed by atoms with Crippen molar-refractivity contribution in [1.82, 2.24) is 14.9 Å². The van der Waals surface area contributed by atoms with E-state index >= 15 is 0 Å². The Labute approximate surface area is 115 Å². The van der Waals surface area contributed by atoms with Crippen LogP contribution in [0.5, 0.6) is 0 Å². The summed E-state index contributed by atoms with van der Waals surface area (Å²) >= 11 is 0. The summed E-state index contributed by atoms with van der Waals surface area (Å²) in [5.74, 6) is 1.31. The average Bonchev–Trinajstić information content (AvgIpc) is 2.80. The van der Waals surface area contributed by atoms with E-state index in [0.29, 0.717) is 19.0 Å². The van der Waals surface area contributed by atoms with Crippen LogP contribution in [0, 0.1) is 5.92 Å². The van der Waals surface area contributed by atoms with E-state index < -0.39 is 10.0 Å². The van der Waals surface area contributed by atoms with Gasteiger partial charge in [-0.25, -0.2) is 13.1 Å². The first kappa shape index (κ1) is 16.2. The standard InChI is InChI=1S/C11H24N4O3S/c1-12-11(13-5-6-14-19(3,16)17)15(2)8-10-4-7-18-9-10/h10,14H,4-9H2,1-3H3,(H,12,13). The van der Waals surface area contributed by atoms with E-state index in [-0.39, 0.29) is 0 Å².